The lowest BCUT2D eigenvalue weighted by Gasteiger charge is -2.72. The average molecular weight is 472 g/mol. The van der Waals surface area contributed by atoms with Crippen LogP contribution in [0.15, 0.2) is 5.16 Å². The molecule has 5 fully saturated rings. The fourth-order valence-electron chi connectivity index (χ4n) is 11.8. The first kappa shape index (κ1) is 24.6. The van der Waals surface area contributed by atoms with Crippen molar-refractivity contribution in [1.29, 1.82) is 0 Å². The number of carbonyl (C=O) groups is 1. The van der Waals surface area contributed by atoms with Gasteiger partial charge in [-0.05, 0) is 116 Å². The van der Waals surface area contributed by atoms with E-state index in [1.54, 1.807) is 0 Å². The van der Waals surface area contributed by atoms with Crippen LogP contribution in [0.3, 0.4) is 0 Å². The lowest BCUT2D eigenvalue weighted by Crippen LogP contribution is -2.66. The summed E-state index contributed by atoms with van der Waals surface area (Å²) in [7, 11) is 0. The molecular weight excluding hydrogens is 422 g/mol. The van der Waals surface area contributed by atoms with E-state index < -0.39 is 11.4 Å². The van der Waals surface area contributed by atoms with Crippen molar-refractivity contribution in [2.45, 2.75) is 113 Å². The number of hydrogen-bond acceptors (Lipinski definition) is 3. The maximum atomic E-state index is 12.8. The van der Waals surface area contributed by atoms with Crippen molar-refractivity contribution in [2.75, 3.05) is 0 Å². The summed E-state index contributed by atoms with van der Waals surface area (Å²) >= 11 is 0. The third-order valence-corrected chi connectivity index (χ3v) is 13.7. The zero-order valence-corrected chi connectivity index (χ0v) is 22.8. The van der Waals surface area contributed by atoms with Gasteiger partial charge in [0.1, 0.15) is 0 Å². The molecule has 5 saturated carbocycles. The summed E-state index contributed by atoms with van der Waals surface area (Å²) in [6.07, 6.45) is 10.8. The Labute approximate surface area is 207 Å². The van der Waals surface area contributed by atoms with Crippen LogP contribution in [-0.4, -0.2) is 22.0 Å². The molecule has 0 saturated heterocycles. The number of rotatable bonds is 2. The summed E-state index contributed by atoms with van der Waals surface area (Å²) in [4.78, 5) is 12.8. The summed E-state index contributed by atoms with van der Waals surface area (Å²) in [6.45, 7) is 17.1. The molecule has 0 aromatic heterocycles. The highest BCUT2D eigenvalue weighted by Gasteiger charge is 2.72. The van der Waals surface area contributed by atoms with Crippen LogP contribution in [0, 0.1) is 62.6 Å². The average Bonchev–Trinajstić information content (AvgIpc) is 3.15. The third kappa shape index (κ3) is 2.78. The number of aliphatic carboxylic acids is 1. The van der Waals surface area contributed by atoms with Gasteiger partial charge in [0.2, 0.25) is 0 Å². The Morgan fingerprint density at radius 3 is 2.21 bits per heavy atom. The molecule has 4 unspecified atom stereocenters. The smallest absolute Gasteiger partial charge is 0.309 e. The molecule has 5 aliphatic rings. The Balaban J connectivity index is 1.56. The topological polar surface area (TPSA) is 69.9 Å². The van der Waals surface area contributed by atoms with Crippen LogP contribution in [0.25, 0.3) is 0 Å². The van der Waals surface area contributed by atoms with E-state index >= 15 is 0 Å². The molecule has 9 atom stereocenters. The van der Waals surface area contributed by atoms with Crippen molar-refractivity contribution in [3.05, 3.63) is 0 Å². The van der Waals surface area contributed by atoms with Crippen molar-refractivity contribution < 1.29 is 15.1 Å². The van der Waals surface area contributed by atoms with Crippen LogP contribution in [0.2, 0.25) is 0 Å². The van der Waals surface area contributed by atoms with Gasteiger partial charge in [0.25, 0.3) is 0 Å². The predicted molar refractivity (Wildman–Crippen MR) is 136 cm³/mol. The minimum Gasteiger partial charge on any atom is -0.481 e. The number of carboxylic acid groups (broad SMARTS) is 1. The van der Waals surface area contributed by atoms with Gasteiger partial charge in [0.15, 0.2) is 0 Å². The monoisotopic (exact) mass is 471 g/mol. The fraction of sp³-hybridized carbons (Fsp3) is 0.933. The zero-order valence-electron chi connectivity index (χ0n) is 22.8. The summed E-state index contributed by atoms with van der Waals surface area (Å²) < 4.78 is 0. The standard InChI is InChI=1S/C30H49NO3/c1-18(2)19-10-15-30(25(32)33)17-16-28(6)20(24(19)30)8-9-22-27(5)13-12-23(31-34)26(3,4)21(27)11-14-29(22,28)7/h18-22,24,34H,8-17H2,1-7H3,(H,32,33)/b31-23+/t19-,20?,21?,22?,24?,27-,28+,29+,30-/m0/s1. The Kier molecular flexibility index (Phi) is 5.42. The number of fused-ring (bicyclic) bond motifs is 7. The zero-order chi connectivity index (χ0) is 24.9. The SMILES string of the molecule is CC(C)[C@@H]1CC[C@]2(C(=O)O)CC[C@]3(C)C(CCC4[C@@]5(C)CC/C(=N\O)C(C)(C)C5CC[C@]43C)C12. The van der Waals surface area contributed by atoms with Gasteiger partial charge in [-0.3, -0.25) is 4.79 Å². The molecule has 5 rings (SSSR count). The lowest BCUT2D eigenvalue weighted by molar-refractivity contribution is -0.232. The highest BCUT2D eigenvalue weighted by atomic mass is 16.4. The quantitative estimate of drug-likeness (QED) is 0.321. The van der Waals surface area contributed by atoms with E-state index in [4.69, 9.17) is 0 Å². The van der Waals surface area contributed by atoms with Crippen molar-refractivity contribution in [3.8, 4) is 0 Å². The van der Waals surface area contributed by atoms with Gasteiger partial charge in [0, 0.05) is 5.41 Å². The van der Waals surface area contributed by atoms with E-state index in [-0.39, 0.29) is 21.7 Å². The summed E-state index contributed by atoms with van der Waals surface area (Å²) in [6, 6.07) is 0. The number of carboxylic acids is 1. The fourth-order valence-corrected chi connectivity index (χ4v) is 11.8. The molecule has 0 bridgehead atoms. The van der Waals surface area contributed by atoms with Gasteiger partial charge in [-0.1, -0.05) is 53.6 Å². The molecule has 4 nitrogen and oxygen atoms in total. The Bertz CT molecular complexity index is 893. The first-order chi connectivity index (χ1) is 15.8. The van der Waals surface area contributed by atoms with Crippen molar-refractivity contribution >= 4 is 11.7 Å². The molecule has 0 aromatic carbocycles. The first-order valence-corrected chi connectivity index (χ1v) is 14.2. The Morgan fingerprint density at radius 1 is 0.882 bits per heavy atom. The van der Waals surface area contributed by atoms with Gasteiger partial charge in [-0.2, -0.15) is 0 Å². The molecule has 0 heterocycles. The molecule has 0 aliphatic heterocycles. The minimum absolute atomic E-state index is 0.0555. The molecule has 0 spiro atoms. The molecule has 5 aliphatic carbocycles. The number of hydrogen-bond donors (Lipinski definition) is 2. The van der Waals surface area contributed by atoms with Gasteiger partial charge < -0.3 is 10.3 Å². The largest absolute Gasteiger partial charge is 0.481 e. The van der Waals surface area contributed by atoms with Gasteiger partial charge in [-0.25, -0.2) is 0 Å². The second kappa shape index (κ2) is 7.48. The molecule has 0 aromatic rings. The Morgan fingerprint density at radius 2 is 1.59 bits per heavy atom. The van der Waals surface area contributed by atoms with Crippen molar-refractivity contribution in [3.63, 3.8) is 0 Å². The molecule has 0 amide bonds. The van der Waals surface area contributed by atoms with E-state index in [0.717, 1.165) is 44.2 Å². The van der Waals surface area contributed by atoms with E-state index in [0.29, 0.717) is 35.5 Å². The third-order valence-electron chi connectivity index (χ3n) is 13.7. The lowest BCUT2D eigenvalue weighted by atomic mass is 9.32. The highest BCUT2D eigenvalue weighted by Crippen LogP contribution is 2.77. The van der Waals surface area contributed by atoms with Gasteiger partial charge in [-0.15, -0.1) is 0 Å². The maximum Gasteiger partial charge on any atom is 0.309 e. The van der Waals surface area contributed by atoms with Crippen molar-refractivity contribution in [1.82, 2.24) is 0 Å². The van der Waals surface area contributed by atoms with Crippen LogP contribution in [0.5, 0.6) is 0 Å². The van der Waals surface area contributed by atoms with Gasteiger partial charge in [0.05, 0.1) is 11.1 Å². The molecule has 34 heavy (non-hydrogen) atoms. The second-order valence-electron chi connectivity index (χ2n) is 14.9. The van der Waals surface area contributed by atoms with E-state index in [2.05, 4.69) is 53.6 Å². The highest BCUT2D eigenvalue weighted by molar-refractivity contribution is 5.90. The molecule has 0 radical (unpaired) electrons. The predicted octanol–water partition coefficient (Wildman–Crippen LogP) is 7.64. The van der Waals surface area contributed by atoms with Crippen LogP contribution < -0.4 is 0 Å². The van der Waals surface area contributed by atoms with Crippen LogP contribution in [0.4, 0.5) is 0 Å². The van der Waals surface area contributed by atoms with Crippen molar-refractivity contribution in [2.24, 2.45) is 67.7 Å². The number of oxime groups is 1. The van der Waals surface area contributed by atoms with E-state index in [1.807, 2.05) is 0 Å². The van der Waals surface area contributed by atoms with Gasteiger partial charge >= 0.3 is 5.97 Å². The minimum atomic E-state index is -0.504. The Hall–Kier alpha value is -1.06. The molecule has 192 valence electrons. The van der Waals surface area contributed by atoms with E-state index in [1.165, 1.54) is 25.7 Å². The van der Waals surface area contributed by atoms with Crippen LogP contribution >= 0.6 is 0 Å². The molecular formula is C30H49NO3. The molecule has 4 heteroatoms. The number of nitrogens with zero attached hydrogens (tertiary/aromatic N) is 1. The summed E-state index contributed by atoms with van der Waals surface area (Å²) in [5.41, 5.74) is 1.17. The van der Waals surface area contributed by atoms with Crippen LogP contribution in [0.1, 0.15) is 113 Å². The van der Waals surface area contributed by atoms with Crippen LogP contribution in [-0.2, 0) is 4.79 Å². The molecule has 2 N–H and O–H groups in total. The summed E-state index contributed by atoms with van der Waals surface area (Å²) in [5, 5.41) is 24.1. The van der Waals surface area contributed by atoms with E-state index in [9.17, 15) is 15.1 Å². The normalized spacial score (nSPS) is 53.1. The maximum absolute atomic E-state index is 12.8. The second-order valence-corrected chi connectivity index (χ2v) is 14.9. The summed E-state index contributed by atoms with van der Waals surface area (Å²) in [5.74, 6) is 2.68. The first-order valence-electron chi connectivity index (χ1n) is 14.2.